The minimum Gasteiger partial charge on any atom is -0.481 e. The van der Waals surface area contributed by atoms with Crippen molar-refractivity contribution in [3.63, 3.8) is 0 Å². The van der Waals surface area contributed by atoms with Gasteiger partial charge in [-0.3, -0.25) is 23.5 Å². The Labute approximate surface area is 235 Å². The van der Waals surface area contributed by atoms with Crippen molar-refractivity contribution in [3.8, 4) is 0 Å². The number of fused-ring (bicyclic) bond motifs is 1. The highest BCUT2D eigenvalue weighted by Gasteiger charge is 2.41. The van der Waals surface area contributed by atoms with Crippen molar-refractivity contribution in [2.75, 3.05) is 5.32 Å². The molecule has 0 spiro atoms. The van der Waals surface area contributed by atoms with Crippen molar-refractivity contribution in [1.82, 2.24) is 4.31 Å². The number of nitrogens with zero attached hydrogens (tertiary/aromatic N) is 1. The summed E-state index contributed by atoms with van der Waals surface area (Å²) < 4.78 is 22.7. The SMILES string of the molecule is Cc1c(CCC(=O)O)cccc1NC(=O)C(c1ccc(CN2C(=O)c3ccccc3S2(O)O)cc1)C1CCCC1. The summed E-state index contributed by atoms with van der Waals surface area (Å²) in [4.78, 5) is 37.9. The summed E-state index contributed by atoms with van der Waals surface area (Å²) in [6, 6.07) is 19.6. The second-order valence-corrected chi connectivity index (χ2v) is 12.5. The third kappa shape index (κ3) is 5.50. The maximum Gasteiger partial charge on any atom is 0.303 e. The van der Waals surface area contributed by atoms with Crippen LogP contribution in [0.2, 0.25) is 0 Å². The van der Waals surface area contributed by atoms with Gasteiger partial charge in [0.2, 0.25) is 5.91 Å². The Kier molecular flexibility index (Phi) is 7.98. The Balaban J connectivity index is 1.35. The molecule has 1 saturated carbocycles. The number of hydrogen-bond donors (Lipinski definition) is 4. The van der Waals surface area contributed by atoms with Gasteiger partial charge in [0.15, 0.2) is 0 Å². The highest BCUT2D eigenvalue weighted by molar-refractivity contribution is 8.23. The Morgan fingerprint density at radius 3 is 2.38 bits per heavy atom. The summed E-state index contributed by atoms with van der Waals surface area (Å²) in [7, 11) is -3.41. The van der Waals surface area contributed by atoms with E-state index >= 15 is 0 Å². The van der Waals surface area contributed by atoms with Gasteiger partial charge < -0.3 is 10.4 Å². The van der Waals surface area contributed by atoms with E-state index in [0.717, 1.165) is 52.2 Å². The van der Waals surface area contributed by atoms with E-state index in [-0.39, 0.29) is 35.6 Å². The minimum absolute atomic E-state index is 0.0274. The molecule has 0 bridgehead atoms. The molecule has 1 unspecified atom stereocenters. The van der Waals surface area contributed by atoms with Crippen molar-refractivity contribution in [2.24, 2.45) is 5.92 Å². The zero-order valence-corrected chi connectivity index (χ0v) is 23.2. The summed E-state index contributed by atoms with van der Waals surface area (Å²) in [6.07, 6.45) is 4.49. The van der Waals surface area contributed by atoms with Crippen molar-refractivity contribution in [2.45, 2.75) is 62.8 Å². The zero-order valence-electron chi connectivity index (χ0n) is 22.4. The van der Waals surface area contributed by atoms with Crippen LogP contribution < -0.4 is 5.32 Å². The van der Waals surface area contributed by atoms with E-state index in [9.17, 15) is 23.5 Å². The van der Waals surface area contributed by atoms with Crippen LogP contribution in [-0.4, -0.2) is 36.3 Å². The number of carbonyl (C=O) groups is 3. The summed E-state index contributed by atoms with van der Waals surface area (Å²) in [5.74, 6) is -1.54. The molecule has 1 aliphatic heterocycles. The first-order valence-electron chi connectivity index (χ1n) is 13.6. The number of carbonyl (C=O) groups excluding carboxylic acids is 2. The molecule has 0 radical (unpaired) electrons. The van der Waals surface area contributed by atoms with Gasteiger partial charge in [-0.05, 0) is 72.6 Å². The van der Waals surface area contributed by atoms with Crippen molar-refractivity contribution >= 4 is 34.2 Å². The van der Waals surface area contributed by atoms with Crippen LogP contribution in [0.4, 0.5) is 5.69 Å². The van der Waals surface area contributed by atoms with E-state index in [4.69, 9.17) is 5.11 Å². The number of amides is 2. The van der Waals surface area contributed by atoms with Gasteiger partial charge in [0.05, 0.1) is 22.9 Å². The van der Waals surface area contributed by atoms with Crippen LogP contribution in [0.1, 0.15) is 70.6 Å². The maximum atomic E-state index is 13.7. The van der Waals surface area contributed by atoms with Crippen LogP contribution in [-0.2, 0) is 22.6 Å². The van der Waals surface area contributed by atoms with E-state index in [0.29, 0.717) is 17.7 Å². The van der Waals surface area contributed by atoms with E-state index in [1.54, 1.807) is 24.3 Å². The molecule has 40 heavy (non-hydrogen) atoms. The van der Waals surface area contributed by atoms with Crippen molar-refractivity contribution in [3.05, 3.63) is 94.5 Å². The number of hydrogen-bond acceptors (Lipinski definition) is 5. The fourth-order valence-electron chi connectivity index (χ4n) is 5.88. The van der Waals surface area contributed by atoms with Crippen LogP contribution in [0, 0.1) is 12.8 Å². The molecule has 4 N–H and O–H groups in total. The van der Waals surface area contributed by atoms with E-state index in [1.807, 2.05) is 49.4 Å². The molecule has 3 aromatic rings. The average molecular weight is 563 g/mol. The predicted molar refractivity (Wildman–Crippen MR) is 154 cm³/mol. The van der Waals surface area contributed by atoms with Gasteiger partial charge in [-0.2, -0.15) is 0 Å². The Morgan fingerprint density at radius 2 is 1.70 bits per heavy atom. The van der Waals surface area contributed by atoms with E-state index in [1.165, 1.54) is 0 Å². The van der Waals surface area contributed by atoms with Crippen LogP contribution in [0.25, 0.3) is 0 Å². The second kappa shape index (κ2) is 11.4. The highest BCUT2D eigenvalue weighted by atomic mass is 32.3. The molecule has 3 aromatic carbocycles. The molecule has 1 aliphatic carbocycles. The lowest BCUT2D eigenvalue weighted by atomic mass is 9.83. The quantitative estimate of drug-likeness (QED) is 0.233. The van der Waals surface area contributed by atoms with Gasteiger partial charge in [0.25, 0.3) is 5.91 Å². The molecule has 1 fully saturated rings. The molecule has 5 rings (SSSR count). The monoisotopic (exact) mass is 562 g/mol. The number of nitrogens with one attached hydrogen (secondary N) is 1. The third-order valence-corrected chi connectivity index (χ3v) is 9.93. The van der Waals surface area contributed by atoms with Gasteiger partial charge >= 0.3 is 5.97 Å². The number of anilines is 1. The standard InChI is InChI=1S/C31H34N2O6S/c1-20-22(17-18-28(34)35)9-6-11-26(20)32-30(36)29(23-7-2-3-8-23)24-15-13-21(14-16-24)19-33-31(37)25-10-4-5-12-27(25)40(33,38)39/h4-6,9-16,23,29,38-39H,2-3,7-8,17-19H2,1H3,(H,32,36)(H,34,35). The Bertz CT molecular complexity index is 1430. The topological polar surface area (TPSA) is 127 Å². The molecule has 2 amide bonds. The first-order valence-corrected chi connectivity index (χ1v) is 15.1. The summed E-state index contributed by atoms with van der Waals surface area (Å²) in [6.45, 7) is 1.94. The largest absolute Gasteiger partial charge is 0.481 e. The van der Waals surface area contributed by atoms with Gasteiger partial charge in [-0.25, -0.2) is 4.31 Å². The number of rotatable bonds is 9. The lowest BCUT2D eigenvalue weighted by Gasteiger charge is -2.37. The molecule has 0 aromatic heterocycles. The maximum absolute atomic E-state index is 13.7. The van der Waals surface area contributed by atoms with E-state index < -0.39 is 22.7 Å². The number of aliphatic carboxylic acids is 1. The van der Waals surface area contributed by atoms with Gasteiger partial charge in [0, 0.05) is 12.1 Å². The lowest BCUT2D eigenvalue weighted by Crippen LogP contribution is -2.28. The smallest absolute Gasteiger partial charge is 0.303 e. The number of carboxylic acids is 1. The molecule has 2 aliphatic rings. The van der Waals surface area contributed by atoms with Gasteiger partial charge in [0.1, 0.15) is 0 Å². The highest BCUT2D eigenvalue weighted by Crippen LogP contribution is 2.59. The van der Waals surface area contributed by atoms with Gasteiger partial charge in [-0.1, -0.05) is 72.1 Å². The van der Waals surface area contributed by atoms with Crippen LogP contribution in [0.3, 0.4) is 0 Å². The second-order valence-electron chi connectivity index (χ2n) is 10.6. The fraction of sp³-hybridized carbons (Fsp3) is 0.323. The summed E-state index contributed by atoms with van der Waals surface area (Å²) in [5, 5.41) is 12.2. The lowest BCUT2D eigenvalue weighted by molar-refractivity contribution is -0.137. The van der Waals surface area contributed by atoms with Crippen LogP contribution in [0.5, 0.6) is 0 Å². The Morgan fingerprint density at radius 1 is 1.00 bits per heavy atom. The average Bonchev–Trinajstić information content (AvgIpc) is 3.52. The number of aryl methyl sites for hydroxylation is 1. The zero-order chi connectivity index (χ0) is 28.4. The van der Waals surface area contributed by atoms with Crippen LogP contribution >= 0.6 is 10.8 Å². The van der Waals surface area contributed by atoms with Crippen LogP contribution in [0.15, 0.2) is 71.6 Å². The molecule has 9 heteroatoms. The third-order valence-electron chi connectivity index (χ3n) is 8.08. The molecular formula is C31H34N2O6S. The van der Waals surface area contributed by atoms with Crippen molar-refractivity contribution < 1.29 is 28.6 Å². The molecule has 0 saturated heterocycles. The number of benzene rings is 3. The molecule has 1 heterocycles. The minimum atomic E-state index is -3.41. The molecule has 1 atom stereocenters. The predicted octanol–water partition coefficient (Wildman–Crippen LogP) is 6.61. The molecular weight excluding hydrogens is 528 g/mol. The number of carboxylic acid groups (broad SMARTS) is 1. The normalized spacial score (nSPS) is 17.9. The first kappa shape index (κ1) is 27.9. The van der Waals surface area contributed by atoms with Crippen molar-refractivity contribution in [1.29, 1.82) is 0 Å². The Hall–Kier alpha value is -3.66. The summed E-state index contributed by atoms with van der Waals surface area (Å²) in [5.41, 5.74) is 4.36. The first-order chi connectivity index (χ1) is 19.2. The van der Waals surface area contributed by atoms with E-state index in [2.05, 4.69) is 5.32 Å². The van der Waals surface area contributed by atoms with Gasteiger partial charge in [-0.15, -0.1) is 0 Å². The molecule has 8 nitrogen and oxygen atoms in total. The molecule has 210 valence electrons. The summed E-state index contributed by atoms with van der Waals surface area (Å²) >= 11 is 0. The fourth-order valence-corrected chi connectivity index (χ4v) is 7.49.